The van der Waals surface area contributed by atoms with E-state index in [0.717, 1.165) is 49.7 Å². The van der Waals surface area contributed by atoms with E-state index in [2.05, 4.69) is 33.7 Å². The number of rotatable bonds is 17. The lowest BCUT2D eigenvalue weighted by molar-refractivity contribution is -0.00235. The van der Waals surface area contributed by atoms with E-state index in [0.29, 0.717) is 62.2 Å². The SMILES string of the molecule is COCCCOC(c1ccccc1)[C@@H]1CCCN(c2c(N[C@@H](CC3CCCCC3)[C@H](O)CNCc3ccc(C#N)cc3)c(=O)c2=O)C1. The second-order valence-corrected chi connectivity index (χ2v) is 13.3. The van der Waals surface area contributed by atoms with Crippen LogP contribution < -0.4 is 26.4 Å². The largest absolute Gasteiger partial charge is 0.390 e. The van der Waals surface area contributed by atoms with E-state index < -0.39 is 17.0 Å². The summed E-state index contributed by atoms with van der Waals surface area (Å²) >= 11 is 0. The molecule has 3 aromatic rings. The number of nitriles is 1. The standard InChI is InChI=1S/C38H50N4O5/c1-46-20-9-21-47-38(30-12-6-3-7-13-30)31-14-8-19-42(26-31)35-34(36(44)37(35)45)41-32(22-27-10-4-2-5-11-27)33(43)25-40-24-29-17-15-28(23-39)16-18-29/h3,6-7,12-13,15-18,27,31-33,38,40-41,43H,2,4-5,8-11,14,19-22,24-26H2,1H3/t31-,32+,33-,38?/m1/s1. The van der Waals surface area contributed by atoms with Gasteiger partial charge in [-0.25, -0.2) is 0 Å². The first kappa shape index (κ1) is 34.8. The first-order chi connectivity index (χ1) is 23.0. The monoisotopic (exact) mass is 642 g/mol. The van der Waals surface area contributed by atoms with Gasteiger partial charge < -0.3 is 30.1 Å². The number of nitrogens with one attached hydrogen (secondary N) is 2. The van der Waals surface area contributed by atoms with E-state index in [4.69, 9.17) is 14.7 Å². The highest BCUT2D eigenvalue weighted by Crippen LogP contribution is 2.36. The molecule has 3 N–H and O–H groups in total. The van der Waals surface area contributed by atoms with Gasteiger partial charge in [-0.2, -0.15) is 5.26 Å². The molecule has 0 amide bonds. The van der Waals surface area contributed by atoms with Crippen molar-refractivity contribution >= 4 is 11.4 Å². The summed E-state index contributed by atoms with van der Waals surface area (Å²) in [7, 11) is 1.69. The zero-order chi connectivity index (χ0) is 33.0. The van der Waals surface area contributed by atoms with Crippen molar-refractivity contribution < 1.29 is 14.6 Å². The van der Waals surface area contributed by atoms with Gasteiger partial charge in [0, 0.05) is 52.4 Å². The Morgan fingerprint density at radius 3 is 2.47 bits per heavy atom. The topological polar surface area (TPSA) is 124 Å². The maximum atomic E-state index is 13.1. The summed E-state index contributed by atoms with van der Waals surface area (Å²) < 4.78 is 11.7. The number of hydrogen-bond donors (Lipinski definition) is 3. The Labute approximate surface area is 278 Å². The lowest BCUT2D eigenvalue weighted by Gasteiger charge is -2.40. The quantitative estimate of drug-likeness (QED) is 0.137. The summed E-state index contributed by atoms with van der Waals surface area (Å²) in [5.41, 5.74) is 2.61. The molecule has 2 aliphatic rings. The van der Waals surface area contributed by atoms with Gasteiger partial charge in [0.05, 0.1) is 29.9 Å². The van der Waals surface area contributed by atoms with Crippen LogP contribution in [0.5, 0.6) is 0 Å². The van der Waals surface area contributed by atoms with Crippen molar-refractivity contribution in [2.24, 2.45) is 11.8 Å². The Hall–Kier alpha value is -3.55. The first-order valence-electron chi connectivity index (χ1n) is 17.4. The Kier molecular flexibility index (Phi) is 13.0. The molecule has 1 saturated heterocycles. The molecular formula is C38H50N4O5. The van der Waals surface area contributed by atoms with Gasteiger partial charge >= 0.3 is 0 Å². The third kappa shape index (κ3) is 9.29. The molecule has 5 rings (SSSR count). The van der Waals surface area contributed by atoms with E-state index in [1.807, 2.05) is 30.3 Å². The van der Waals surface area contributed by atoms with Crippen LogP contribution >= 0.6 is 0 Å². The number of nitrogens with zero attached hydrogens (tertiary/aromatic N) is 2. The van der Waals surface area contributed by atoms with Crippen molar-refractivity contribution in [3.8, 4) is 6.07 Å². The van der Waals surface area contributed by atoms with Crippen LogP contribution in [0.4, 0.5) is 11.4 Å². The van der Waals surface area contributed by atoms with Crippen LogP contribution in [0.25, 0.3) is 0 Å². The number of piperidine rings is 1. The van der Waals surface area contributed by atoms with Gasteiger partial charge in [0.2, 0.25) is 0 Å². The molecule has 47 heavy (non-hydrogen) atoms. The molecule has 1 aliphatic carbocycles. The third-order valence-corrected chi connectivity index (χ3v) is 9.88. The van der Waals surface area contributed by atoms with Crippen LogP contribution in [-0.4, -0.2) is 57.2 Å². The Bertz CT molecular complexity index is 1490. The van der Waals surface area contributed by atoms with Crippen LogP contribution in [0, 0.1) is 23.2 Å². The molecule has 4 atom stereocenters. The molecule has 1 heterocycles. The highest BCUT2D eigenvalue weighted by atomic mass is 16.5. The summed E-state index contributed by atoms with van der Waals surface area (Å²) in [4.78, 5) is 28.3. The van der Waals surface area contributed by atoms with Crippen LogP contribution in [0.15, 0.2) is 64.2 Å². The summed E-state index contributed by atoms with van der Waals surface area (Å²) in [6, 6.07) is 19.4. The Morgan fingerprint density at radius 2 is 1.74 bits per heavy atom. The summed E-state index contributed by atoms with van der Waals surface area (Å²) in [6.45, 7) is 3.41. The molecule has 1 unspecified atom stereocenters. The maximum absolute atomic E-state index is 13.1. The average molecular weight is 643 g/mol. The molecule has 2 fully saturated rings. The van der Waals surface area contributed by atoms with Crippen molar-refractivity contribution in [1.82, 2.24) is 5.32 Å². The van der Waals surface area contributed by atoms with Crippen LogP contribution in [-0.2, 0) is 16.0 Å². The molecular weight excluding hydrogens is 592 g/mol. The second-order valence-electron chi connectivity index (χ2n) is 13.3. The summed E-state index contributed by atoms with van der Waals surface area (Å²) in [5.74, 6) is 0.617. The highest BCUT2D eigenvalue weighted by Gasteiger charge is 2.35. The number of hydrogen-bond acceptors (Lipinski definition) is 9. The fourth-order valence-corrected chi connectivity index (χ4v) is 7.32. The third-order valence-electron chi connectivity index (χ3n) is 9.88. The van der Waals surface area contributed by atoms with E-state index in [1.165, 1.54) is 19.3 Å². The minimum atomic E-state index is -0.760. The molecule has 1 saturated carbocycles. The number of benzene rings is 2. The van der Waals surface area contributed by atoms with Gasteiger partial charge in [-0.05, 0) is 54.9 Å². The number of methoxy groups -OCH3 is 1. The van der Waals surface area contributed by atoms with Crippen molar-refractivity contribution in [2.45, 2.75) is 82.6 Å². The highest BCUT2D eigenvalue weighted by molar-refractivity contribution is 5.75. The number of aliphatic hydroxyl groups is 1. The predicted octanol–water partition coefficient (Wildman–Crippen LogP) is 5.07. The number of ether oxygens (including phenoxy) is 2. The molecule has 1 aliphatic heterocycles. The molecule has 3 aromatic carbocycles. The first-order valence-corrected chi connectivity index (χ1v) is 17.4. The lowest BCUT2D eigenvalue weighted by Crippen LogP contribution is -2.50. The van der Waals surface area contributed by atoms with Crippen molar-refractivity contribution in [3.63, 3.8) is 0 Å². The minimum absolute atomic E-state index is 0.123. The molecule has 9 nitrogen and oxygen atoms in total. The fourth-order valence-electron chi connectivity index (χ4n) is 7.32. The van der Waals surface area contributed by atoms with Crippen molar-refractivity contribution in [2.75, 3.05) is 50.2 Å². The van der Waals surface area contributed by atoms with E-state index in [1.54, 1.807) is 19.2 Å². The maximum Gasteiger partial charge on any atom is 0.253 e. The Morgan fingerprint density at radius 1 is 0.979 bits per heavy atom. The van der Waals surface area contributed by atoms with Gasteiger partial charge in [-0.15, -0.1) is 0 Å². The number of anilines is 2. The van der Waals surface area contributed by atoms with Crippen LogP contribution in [0.1, 0.15) is 80.6 Å². The van der Waals surface area contributed by atoms with Crippen molar-refractivity contribution in [1.29, 1.82) is 5.26 Å². The smallest absolute Gasteiger partial charge is 0.253 e. The average Bonchev–Trinajstić information content (AvgIpc) is 3.12. The molecule has 9 heteroatoms. The molecule has 0 aromatic heterocycles. The zero-order valence-electron chi connectivity index (χ0n) is 27.7. The van der Waals surface area contributed by atoms with Gasteiger partial charge in [0.25, 0.3) is 10.9 Å². The van der Waals surface area contributed by atoms with Crippen molar-refractivity contribution in [3.05, 3.63) is 91.7 Å². The van der Waals surface area contributed by atoms with Gasteiger partial charge in [0.1, 0.15) is 11.4 Å². The fraction of sp³-hybridized carbons (Fsp3) is 0.553. The molecule has 0 spiro atoms. The molecule has 0 bridgehead atoms. The zero-order valence-corrected chi connectivity index (χ0v) is 27.7. The van der Waals surface area contributed by atoms with Crippen LogP contribution in [0.3, 0.4) is 0 Å². The minimum Gasteiger partial charge on any atom is -0.390 e. The Balaban J connectivity index is 1.29. The van der Waals surface area contributed by atoms with Gasteiger partial charge in [0.15, 0.2) is 0 Å². The van der Waals surface area contributed by atoms with Gasteiger partial charge in [-0.1, -0.05) is 74.6 Å². The van der Waals surface area contributed by atoms with E-state index in [9.17, 15) is 14.7 Å². The summed E-state index contributed by atoms with van der Waals surface area (Å²) in [5, 5.41) is 27.3. The molecule has 0 radical (unpaired) electrons. The molecule has 252 valence electrons. The van der Waals surface area contributed by atoms with Gasteiger partial charge in [-0.3, -0.25) is 9.59 Å². The van der Waals surface area contributed by atoms with E-state index >= 15 is 0 Å². The summed E-state index contributed by atoms with van der Waals surface area (Å²) in [6.07, 6.45) is 8.34. The van der Waals surface area contributed by atoms with E-state index in [-0.39, 0.29) is 18.1 Å². The lowest BCUT2D eigenvalue weighted by atomic mass is 9.83. The normalized spacial score (nSPS) is 19.3. The number of aliphatic hydroxyl groups excluding tert-OH is 1. The van der Waals surface area contributed by atoms with Crippen LogP contribution in [0.2, 0.25) is 0 Å². The predicted molar refractivity (Wildman–Crippen MR) is 185 cm³/mol. The second kappa shape index (κ2) is 17.6.